The summed E-state index contributed by atoms with van der Waals surface area (Å²) in [4.78, 5) is 0. The van der Waals surface area contributed by atoms with E-state index in [2.05, 4.69) is 137 Å². The van der Waals surface area contributed by atoms with Crippen LogP contribution in [0, 0.1) is 0 Å². The van der Waals surface area contributed by atoms with Crippen molar-refractivity contribution < 1.29 is 12.3 Å². The Labute approximate surface area is 283 Å². The minimum Gasteiger partial charge on any atom is -0.415 e. The molecule has 3 nitrogen and oxygen atoms in total. The van der Waals surface area contributed by atoms with Crippen molar-refractivity contribution in [1.82, 2.24) is 0 Å². The lowest BCUT2D eigenvalue weighted by Crippen LogP contribution is -2.69. The van der Waals surface area contributed by atoms with E-state index in [9.17, 15) is 0 Å². The van der Waals surface area contributed by atoms with Gasteiger partial charge in [0.1, 0.15) is 0 Å². The lowest BCUT2D eigenvalue weighted by atomic mass is 10.1. The number of allylic oxidation sites excluding steroid dienone is 1. The molecule has 0 unspecified atom stereocenters. The lowest BCUT2D eigenvalue weighted by Gasteiger charge is -2.56. The maximum atomic E-state index is 8.17. The zero-order chi connectivity index (χ0) is 34.7. The van der Waals surface area contributed by atoms with Crippen LogP contribution in [-0.4, -0.2) is 33.8 Å². The van der Waals surface area contributed by atoms with E-state index in [-0.39, 0.29) is 0 Å². The highest BCUT2D eigenvalue weighted by atomic mass is 28.5. The van der Waals surface area contributed by atoms with Crippen molar-refractivity contribution in [3.63, 3.8) is 0 Å². The van der Waals surface area contributed by atoms with Crippen LogP contribution in [0.1, 0.15) is 170 Å². The molecule has 0 aliphatic rings. The molecule has 0 aliphatic heterocycles. The number of rotatable bonds is 24. The van der Waals surface area contributed by atoms with E-state index >= 15 is 0 Å². The second-order valence-electron chi connectivity index (χ2n) is 16.9. The fraction of sp³-hybridized carbons (Fsp3) is 0.946. The van der Waals surface area contributed by atoms with E-state index in [4.69, 9.17) is 12.3 Å². The van der Waals surface area contributed by atoms with Gasteiger partial charge in [-0.3, -0.25) is 0 Å². The fourth-order valence-electron chi connectivity index (χ4n) is 9.42. The summed E-state index contributed by atoms with van der Waals surface area (Å²) >= 11 is 0. The third-order valence-corrected chi connectivity index (χ3v) is 36.4. The van der Waals surface area contributed by atoms with Crippen molar-refractivity contribution in [2.24, 2.45) is 0 Å². The zero-order valence-corrected chi connectivity index (χ0v) is 37.4. The average Bonchev–Trinajstić information content (AvgIpc) is 2.88. The van der Waals surface area contributed by atoms with Gasteiger partial charge in [-0.05, 0) is 69.1 Å². The summed E-state index contributed by atoms with van der Waals surface area (Å²) < 4.78 is 24.5. The summed E-state index contributed by atoms with van der Waals surface area (Å²) in [6.07, 6.45) is 10.7. The van der Waals surface area contributed by atoms with Crippen molar-refractivity contribution in [1.29, 1.82) is 0 Å². The summed E-state index contributed by atoms with van der Waals surface area (Å²) in [5.74, 6) is 0. The van der Waals surface area contributed by atoms with Gasteiger partial charge in [0.2, 0.25) is 0 Å². The van der Waals surface area contributed by atoms with Gasteiger partial charge in [0.05, 0.1) is 0 Å². The molecule has 0 radical (unpaired) electrons. The van der Waals surface area contributed by atoms with Crippen LogP contribution >= 0.6 is 0 Å². The third-order valence-electron chi connectivity index (χ3n) is 11.3. The van der Waals surface area contributed by atoms with Crippen LogP contribution in [0.5, 0.6) is 0 Å². The molecule has 0 aromatic rings. The van der Waals surface area contributed by atoms with Crippen molar-refractivity contribution in [2.45, 2.75) is 225 Å². The number of unbranched alkanes of at least 4 members (excludes halogenated alkanes) is 6. The Morgan fingerprint density at radius 1 is 0.386 bits per heavy atom. The number of hydrogen-bond donors (Lipinski definition) is 0. The molecule has 264 valence electrons. The van der Waals surface area contributed by atoms with Crippen molar-refractivity contribution in [2.75, 3.05) is 0 Å². The Kier molecular flexibility index (Phi) is 19.7. The molecule has 0 aromatic carbocycles. The molecule has 0 aromatic heterocycles. The molecule has 0 bridgehead atoms. The Bertz CT molecular complexity index is 641. The smallest absolute Gasteiger partial charge is 0.415 e. The largest absolute Gasteiger partial charge is 0.469 e. The van der Waals surface area contributed by atoms with E-state index in [1.165, 1.54) is 32.1 Å². The molecule has 0 amide bonds. The van der Waals surface area contributed by atoms with Crippen LogP contribution in [0.15, 0.2) is 12.7 Å². The van der Waals surface area contributed by atoms with E-state index < -0.39 is 33.8 Å². The maximum Gasteiger partial charge on any atom is 0.469 e. The lowest BCUT2D eigenvalue weighted by molar-refractivity contribution is 0.216. The van der Waals surface area contributed by atoms with E-state index in [0.717, 1.165) is 18.9 Å². The molecular formula is C37H82O3Si4. The molecule has 0 atom stereocenters. The van der Waals surface area contributed by atoms with E-state index in [1.54, 1.807) is 0 Å². The first-order valence-electron chi connectivity index (χ1n) is 18.9. The SMILES string of the molecule is C=CCCCCCCCC[Si](O[Si](C(C)C)(C(C)C)C(C)C)(O[Si](C(C)C)(C(C)C)C(C)C)O[Si](C(C)C)(C(C)C)C(C)C. The Hall–Kier alpha value is 0.488. The first-order chi connectivity index (χ1) is 20.2. The van der Waals surface area contributed by atoms with E-state index in [1.807, 2.05) is 0 Å². The van der Waals surface area contributed by atoms with Crippen LogP contribution in [0.25, 0.3) is 0 Å². The summed E-state index contributed by atoms with van der Waals surface area (Å²) in [5, 5.41) is 0. The highest BCUT2D eigenvalue weighted by molar-refractivity contribution is 6.94. The van der Waals surface area contributed by atoms with Gasteiger partial charge in [-0.2, -0.15) is 0 Å². The minimum absolute atomic E-state index is 0.493. The third kappa shape index (κ3) is 10.5. The van der Waals surface area contributed by atoms with Crippen LogP contribution in [0.4, 0.5) is 0 Å². The second-order valence-corrected chi connectivity index (χ2v) is 36.7. The molecule has 44 heavy (non-hydrogen) atoms. The Morgan fingerprint density at radius 2 is 0.614 bits per heavy atom. The van der Waals surface area contributed by atoms with Crippen LogP contribution in [0.3, 0.4) is 0 Å². The molecule has 0 saturated carbocycles. The predicted octanol–water partition coefficient (Wildman–Crippen LogP) is 14.4. The normalized spacial score (nSPS) is 14.3. The van der Waals surface area contributed by atoms with Gasteiger partial charge < -0.3 is 12.3 Å². The zero-order valence-electron chi connectivity index (χ0n) is 33.4. The standard InChI is InChI=1S/C37H82O3Si4/c1-20-21-22-23-24-25-26-27-28-41(38-42(29(2)3,30(4)5)31(6)7,39-43(32(8)9,33(10)11)34(12)13)40-44(35(14)15,36(16)17)37(18)19/h20,29-37H,1,21-28H2,2-19H3. The second kappa shape index (κ2) is 19.5. The highest BCUT2D eigenvalue weighted by Crippen LogP contribution is 2.53. The Morgan fingerprint density at radius 3 is 0.841 bits per heavy atom. The molecule has 0 fully saturated rings. The van der Waals surface area contributed by atoms with E-state index in [0.29, 0.717) is 49.9 Å². The van der Waals surface area contributed by atoms with Crippen LogP contribution in [-0.2, 0) is 12.3 Å². The van der Waals surface area contributed by atoms with Crippen LogP contribution in [0.2, 0.25) is 55.9 Å². The van der Waals surface area contributed by atoms with Crippen molar-refractivity contribution in [3.8, 4) is 0 Å². The Balaban J connectivity index is 7.54. The maximum absolute atomic E-state index is 8.17. The first-order valence-corrected chi connectivity index (χ1v) is 27.2. The van der Waals surface area contributed by atoms with Gasteiger partial charge >= 0.3 is 8.80 Å². The summed E-state index contributed by atoms with van der Waals surface area (Å²) in [7, 11) is -10.1. The summed E-state index contributed by atoms with van der Waals surface area (Å²) in [5.41, 5.74) is 4.44. The average molecular weight is 687 g/mol. The molecule has 0 aliphatic carbocycles. The quantitative estimate of drug-likeness (QED) is 0.0574. The van der Waals surface area contributed by atoms with Gasteiger partial charge in [0.25, 0.3) is 0 Å². The van der Waals surface area contributed by atoms with Crippen molar-refractivity contribution in [3.05, 3.63) is 12.7 Å². The fourth-order valence-corrected chi connectivity index (χ4v) is 39.9. The minimum atomic E-state index is -3.18. The molecule has 0 spiro atoms. The highest BCUT2D eigenvalue weighted by Gasteiger charge is 2.63. The number of hydrogen-bond acceptors (Lipinski definition) is 3. The van der Waals surface area contributed by atoms with Gasteiger partial charge in [-0.15, -0.1) is 6.58 Å². The topological polar surface area (TPSA) is 27.7 Å². The molecule has 0 saturated heterocycles. The summed E-state index contributed by atoms with van der Waals surface area (Å²) in [6, 6.07) is 0.975. The molecule has 0 rings (SSSR count). The van der Waals surface area contributed by atoms with Crippen molar-refractivity contribution >= 4 is 33.8 Å². The van der Waals surface area contributed by atoms with Gasteiger partial charge in [-0.1, -0.05) is 156 Å². The van der Waals surface area contributed by atoms with Gasteiger partial charge in [-0.25, -0.2) is 0 Å². The predicted molar refractivity (Wildman–Crippen MR) is 209 cm³/mol. The van der Waals surface area contributed by atoms with Gasteiger partial charge in [0, 0.05) is 6.04 Å². The monoisotopic (exact) mass is 687 g/mol. The molecule has 0 N–H and O–H groups in total. The first kappa shape index (κ1) is 44.5. The molecular weight excluding hydrogens is 605 g/mol. The van der Waals surface area contributed by atoms with Crippen LogP contribution < -0.4 is 0 Å². The molecule has 7 heteroatoms. The van der Waals surface area contributed by atoms with Gasteiger partial charge in [0.15, 0.2) is 25.0 Å². The summed E-state index contributed by atoms with van der Waals surface area (Å²) in [6.45, 7) is 47.7. The molecule has 0 heterocycles.